The summed E-state index contributed by atoms with van der Waals surface area (Å²) in [7, 11) is 1.57. The molecule has 0 spiro atoms. The van der Waals surface area contributed by atoms with E-state index in [2.05, 4.69) is 0 Å². The average molecular weight is 221 g/mol. The molecule has 0 aromatic heterocycles. The van der Waals surface area contributed by atoms with Crippen LogP contribution in [-0.4, -0.2) is 19.7 Å². The van der Waals surface area contributed by atoms with Gasteiger partial charge in [0, 0.05) is 17.8 Å². The minimum atomic E-state index is -0.377. The van der Waals surface area contributed by atoms with Crippen molar-refractivity contribution in [2.75, 3.05) is 19.5 Å². The van der Waals surface area contributed by atoms with Gasteiger partial charge in [-0.05, 0) is 30.7 Å². The molecule has 4 heteroatoms. The first-order valence-corrected chi connectivity index (χ1v) is 4.95. The smallest absolute Gasteiger partial charge is 0.330 e. The summed E-state index contributed by atoms with van der Waals surface area (Å²) in [6.07, 6.45) is 2.97. The summed E-state index contributed by atoms with van der Waals surface area (Å²) in [5, 5.41) is 0. The number of carbonyl (C=O) groups excluding carboxylic acids is 1. The minimum absolute atomic E-state index is 0.362. The molecule has 1 rings (SSSR count). The number of nitrogens with two attached hydrogens (primary N) is 1. The summed E-state index contributed by atoms with van der Waals surface area (Å²) in [6.45, 7) is 2.12. The summed E-state index contributed by atoms with van der Waals surface area (Å²) in [4.78, 5) is 11.1. The molecule has 4 nitrogen and oxygen atoms in total. The van der Waals surface area contributed by atoms with Gasteiger partial charge < -0.3 is 15.2 Å². The van der Waals surface area contributed by atoms with Crippen molar-refractivity contribution in [3.8, 4) is 5.75 Å². The maximum Gasteiger partial charge on any atom is 0.330 e. The summed E-state index contributed by atoms with van der Waals surface area (Å²) in [5.41, 5.74) is 7.09. The molecular formula is C12H15NO3. The first kappa shape index (κ1) is 12.1. The van der Waals surface area contributed by atoms with E-state index in [-0.39, 0.29) is 5.97 Å². The number of hydrogen-bond donors (Lipinski definition) is 1. The highest BCUT2D eigenvalue weighted by Crippen LogP contribution is 2.20. The van der Waals surface area contributed by atoms with Gasteiger partial charge in [0.25, 0.3) is 0 Å². The first-order chi connectivity index (χ1) is 7.67. The lowest BCUT2D eigenvalue weighted by Gasteiger charge is -2.03. The molecule has 0 radical (unpaired) electrons. The van der Waals surface area contributed by atoms with Gasteiger partial charge in [-0.3, -0.25) is 0 Å². The Kier molecular flexibility index (Phi) is 4.39. The van der Waals surface area contributed by atoms with Gasteiger partial charge >= 0.3 is 5.97 Å². The number of hydrogen-bond acceptors (Lipinski definition) is 4. The van der Waals surface area contributed by atoms with Crippen molar-refractivity contribution in [1.82, 2.24) is 0 Å². The number of methoxy groups -OCH3 is 1. The van der Waals surface area contributed by atoms with Crippen LogP contribution in [0.2, 0.25) is 0 Å². The lowest BCUT2D eigenvalue weighted by atomic mass is 10.1. The molecule has 1 aromatic rings. The zero-order valence-electron chi connectivity index (χ0n) is 9.40. The Morgan fingerprint density at radius 1 is 1.50 bits per heavy atom. The minimum Gasteiger partial charge on any atom is -0.497 e. The highest BCUT2D eigenvalue weighted by Gasteiger charge is 1.99. The standard InChI is InChI=1S/C12H15NO3/c1-3-16-12(14)7-5-9-4-6-10(15-2)8-11(9)13/h4-8H,3,13H2,1-2H3. The van der Waals surface area contributed by atoms with E-state index in [1.165, 1.54) is 6.08 Å². The van der Waals surface area contributed by atoms with Crippen LogP contribution in [0, 0.1) is 0 Å². The number of carbonyl (C=O) groups is 1. The lowest BCUT2D eigenvalue weighted by molar-refractivity contribution is -0.137. The van der Waals surface area contributed by atoms with E-state index in [4.69, 9.17) is 15.2 Å². The van der Waals surface area contributed by atoms with Gasteiger partial charge in [-0.15, -0.1) is 0 Å². The molecule has 0 saturated heterocycles. The highest BCUT2D eigenvalue weighted by molar-refractivity contribution is 5.88. The second-order valence-corrected chi connectivity index (χ2v) is 3.08. The van der Waals surface area contributed by atoms with E-state index in [1.807, 2.05) is 0 Å². The van der Waals surface area contributed by atoms with Crippen LogP contribution < -0.4 is 10.5 Å². The van der Waals surface area contributed by atoms with E-state index in [9.17, 15) is 4.79 Å². The molecule has 0 aliphatic carbocycles. The van der Waals surface area contributed by atoms with Crippen LogP contribution in [0.4, 0.5) is 5.69 Å². The second kappa shape index (κ2) is 5.80. The molecule has 0 atom stereocenters. The molecule has 0 bridgehead atoms. The van der Waals surface area contributed by atoms with Crippen LogP contribution in [0.3, 0.4) is 0 Å². The Morgan fingerprint density at radius 3 is 2.81 bits per heavy atom. The monoisotopic (exact) mass is 221 g/mol. The Balaban J connectivity index is 2.78. The number of rotatable bonds is 4. The molecule has 16 heavy (non-hydrogen) atoms. The maximum atomic E-state index is 11.1. The number of nitrogen functional groups attached to an aromatic ring is 1. The zero-order chi connectivity index (χ0) is 12.0. The van der Waals surface area contributed by atoms with Crippen molar-refractivity contribution in [3.63, 3.8) is 0 Å². The molecule has 0 aliphatic rings. The third kappa shape index (κ3) is 3.31. The molecule has 0 fully saturated rings. The fourth-order valence-electron chi connectivity index (χ4n) is 1.18. The predicted octanol–water partition coefficient (Wildman–Crippen LogP) is 1.85. The number of anilines is 1. The lowest BCUT2D eigenvalue weighted by Crippen LogP contribution is -1.99. The van der Waals surface area contributed by atoms with Crippen molar-refractivity contribution < 1.29 is 14.3 Å². The Morgan fingerprint density at radius 2 is 2.25 bits per heavy atom. The van der Waals surface area contributed by atoms with Crippen LogP contribution in [0.1, 0.15) is 12.5 Å². The average Bonchev–Trinajstić information content (AvgIpc) is 2.27. The Bertz CT molecular complexity index is 399. The Hall–Kier alpha value is -1.97. The largest absolute Gasteiger partial charge is 0.497 e. The number of benzene rings is 1. The van der Waals surface area contributed by atoms with E-state index >= 15 is 0 Å². The quantitative estimate of drug-likeness (QED) is 0.479. The third-order valence-electron chi connectivity index (χ3n) is 1.98. The summed E-state index contributed by atoms with van der Waals surface area (Å²) >= 11 is 0. The van der Waals surface area contributed by atoms with E-state index in [0.29, 0.717) is 18.0 Å². The molecule has 1 aromatic carbocycles. The van der Waals surface area contributed by atoms with E-state index < -0.39 is 0 Å². The van der Waals surface area contributed by atoms with Crippen molar-refractivity contribution in [2.45, 2.75) is 6.92 Å². The van der Waals surface area contributed by atoms with Crippen molar-refractivity contribution in [2.24, 2.45) is 0 Å². The molecule has 0 unspecified atom stereocenters. The van der Waals surface area contributed by atoms with E-state index in [0.717, 1.165) is 5.56 Å². The van der Waals surface area contributed by atoms with Crippen LogP contribution in [0.15, 0.2) is 24.3 Å². The predicted molar refractivity (Wildman–Crippen MR) is 63.1 cm³/mol. The highest BCUT2D eigenvalue weighted by atomic mass is 16.5. The molecule has 2 N–H and O–H groups in total. The molecule has 86 valence electrons. The van der Waals surface area contributed by atoms with Crippen molar-refractivity contribution in [1.29, 1.82) is 0 Å². The molecular weight excluding hydrogens is 206 g/mol. The van der Waals surface area contributed by atoms with Gasteiger partial charge in [0.05, 0.1) is 13.7 Å². The van der Waals surface area contributed by atoms with Crippen molar-refractivity contribution >= 4 is 17.7 Å². The van der Waals surface area contributed by atoms with Gasteiger partial charge in [0.15, 0.2) is 0 Å². The Labute approximate surface area is 94.7 Å². The second-order valence-electron chi connectivity index (χ2n) is 3.08. The number of ether oxygens (including phenoxy) is 2. The number of esters is 1. The maximum absolute atomic E-state index is 11.1. The van der Waals surface area contributed by atoms with Gasteiger partial charge in [0.1, 0.15) is 5.75 Å². The molecule has 0 saturated carbocycles. The van der Waals surface area contributed by atoms with Crippen LogP contribution in [-0.2, 0) is 9.53 Å². The fourth-order valence-corrected chi connectivity index (χ4v) is 1.18. The first-order valence-electron chi connectivity index (χ1n) is 4.95. The molecule has 0 amide bonds. The van der Waals surface area contributed by atoms with Gasteiger partial charge in [0.2, 0.25) is 0 Å². The molecule has 0 heterocycles. The summed E-state index contributed by atoms with van der Waals surface area (Å²) in [5.74, 6) is 0.309. The van der Waals surface area contributed by atoms with Crippen LogP contribution in [0.5, 0.6) is 5.75 Å². The zero-order valence-corrected chi connectivity index (χ0v) is 9.40. The van der Waals surface area contributed by atoms with Gasteiger partial charge in [-0.2, -0.15) is 0 Å². The molecule has 0 aliphatic heterocycles. The van der Waals surface area contributed by atoms with Crippen LogP contribution >= 0.6 is 0 Å². The summed E-state index contributed by atoms with van der Waals surface area (Å²) in [6, 6.07) is 5.26. The van der Waals surface area contributed by atoms with E-state index in [1.54, 1.807) is 38.3 Å². The van der Waals surface area contributed by atoms with Crippen LogP contribution in [0.25, 0.3) is 6.08 Å². The van der Waals surface area contributed by atoms with Crippen molar-refractivity contribution in [3.05, 3.63) is 29.8 Å². The SMILES string of the molecule is CCOC(=O)C=Cc1ccc(OC)cc1N. The topological polar surface area (TPSA) is 61.5 Å². The fraction of sp³-hybridized carbons (Fsp3) is 0.250. The van der Waals surface area contributed by atoms with Gasteiger partial charge in [-0.25, -0.2) is 4.79 Å². The van der Waals surface area contributed by atoms with Gasteiger partial charge in [-0.1, -0.05) is 0 Å². The third-order valence-corrected chi connectivity index (χ3v) is 1.98. The summed E-state index contributed by atoms with van der Waals surface area (Å²) < 4.78 is 9.78. The normalized spacial score (nSPS) is 10.4.